The summed E-state index contributed by atoms with van der Waals surface area (Å²) in [5.41, 5.74) is 0. The Morgan fingerprint density at radius 3 is 1.44 bits per heavy atom. The van der Waals surface area contributed by atoms with Crippen LogP contribution in [0.1, 0.15) is 213 Å². The molecule has 9 heteroatoms. The smallest absolute Gasteiger partial charge is 0.462 e. The van der Waals surface area contributed by atoms with Gasteiger partial charge in [-0.05, 0) is 45.4 Å². The minimum atomic E-state index is -4.28. The molecule has 0 bridgehead atoms. The summed E-state index contributed by atoms with van der Waals surface area (Å²) < 4.78 is 32.6. The standard InChI is InChI=1S/C43H81O8P/c1-4-7-9-11-13-15-17-19-20-21-22-23-24-26-27-29-31-33-35-37-42(44)48-39-41(40-50-52(46,47)49-6-3)51-43(45)38-36-34-32-30-28-25-18-16-14-12-10-8-5-2/h10,12,16,18,41H,4-9,11,13-15,17,19-40H2,1-3H3,(H,46,47)/b12-10-,18-16-. The zero-order valence-corrected chi connectivity index (χ0v) is 34.9. The van der Waals surface area contributed by atoms with E-state index in [0.29, 0.717) is 12.8 Å². The highest BCUT2D eigenvalue weighted by atomic mass is 31.2. The maximum atomic E-state index is 12.5. The van der Waals surface area contributed by atoms with E-state index in [1.807, 2.05) is 0 Å². The molecular weight excluding hydrogens is 675 g/mol. The topological polar surface area (TPSA) is 108 Å². The fourth-order valence-corrected chi connectivity index (χ4v) is 6.84. The molecule has 0 rings (SSSR count). The highest BCUT2D eigenvalue weighted by Gasteiger charge is 2.25. The van der Waals surface area contributed by atoms with Crippen molar-refractivity contribution >= 4 is 19.8 Å². The Bertz CT molecular complexity index is 906. The molecule has 0 spiro atoms. The summed E-state index contributed by atoms with van der Waals surface area (Å²) in [5, 5.41) is 0. The van der Waals surface area contributed by atoms with Crippen LogP contribution in [-0.2, 0) is 32.7 Å². The van der Waals surface area contributed by atoms with Crippen molar-refractivity contribution < 1.29 is 37.6 Å². The van der Waals surface area contributed by atoms with Crippen molar-refractivity contribution in [3.05, 3.63) is 24.3 Å². The van der Waals surface area contributed by atoms with Crippen molar-refractivity contribution in [1.29, 1.82) is 0 Å². The van der Waals surface area contributed by atoms with E-state index in [-0.39, 0.29) is 25.6 Å². The largest absolute Gasteiger partial charge is 0.472 e. The van der Waals surface area contributed by atoms with Crippen LogP contribution in [0.15, 0.2) is 24.3 Å². The van der Waals surface area contributed by atoms with E-state index in [1.165, 1.54) is 109 Å². The number of unbranched alkanes of at least 4 members (excludes halogenated alkanes) is 24. The quantitative estimate of drug-likeness (QED) is 0.0285. The zero-order chi connectivity index (χ0) is 38.2. The predicted molar refractivity (Wildman–Crippen MR) is 216 cm³/mol. The van der Waals surface area contributed by atoms with Gasteiger partial charge in [0.25, 0.3) is 0 Å². The summed E-state index contributed by atoms with van der Waals surface area (Å²) in [6.07, 6.45) is 42.3. The SMILES string of the molecule is CCC/C=C\C/C=C\CCCCCCCC(=O)OC(COC(=O)CCCCCCCCCCCCCCCCCCCCC)COP(=O)(O)OCC. The van der Waals surface area contributed by atoms with E-state index in [9.17, 15) is 19.0 Å². The molecule has 0 saturated heterocycles. The van der Waals surface area contributed by atoms with Crippen LogP contribution in [0.5, 0.6) is 0 Å². The minimum Gasteiger partial charge on any atom is -0.462 e. The monoisotopic (exact) mass is 757 g/mol. The van der Waals surface area contributed by atoms with Gasteiger partial charge in [0.1, 0.15) is 6.61 Å². The maximum absolute atomic E-state index is 12.5. The average molecular weight is 757 g/mol. The molecule has 0 heterocycles. The molecule has 0 aliphatic heterocycles. The van der Waals surface area contributed by atoms with Crippen molar-refractivity contribution in [2.75, 3.05) is 19.8 Å². The van der Waals surface area contributed by atoms with Gasteiger partial charge in [-0.15, -0.1) is 0 Å². The molecule has 8 nitrogen and oxygen atoms in total. The Morgan fingerprint density at radius 2 is 0.962 bits per heavy atom. The van der Waals surface area contributed by atoms with Crippen LogP contribution >= 0.6 is 7.82 Å². The third-order valence-electron chi connectivity index (χ3n) is 9.24. The first kappa shape index (κ1) is 50.5. The van der Waals surface area contributed by atoms with E-state index in [1.54, 1.807) is 6.92 Å². The lowest BCUT2D eigenvalue weighted by atomic mass is 10.0. The molecule has 306 valence electrons. The van der Waals surface area contributed by atoms with Gasteiger partial charge in [-0.25, -0.2) is 4.57 Å². The van der Waals surface area contributed by atoms with Crippen molar-refractivity contribution in [2.45, 2.75) is 219 Å². The van der Waals surface area contributed by atoms with Gasteiger partial charge in [0, 0.05) is 12.8 Å². The number of rotatable bonds is 40. The van der Waals surface area contributed by atoms with Gasteiger partial charge in [-0.3, -0.25) is 18.6 Å². The lowest BCUT2D eigenvalue weighted by molar-refractivity contribution is -0.161. The Morgan fingerprint density at radius 1 is 0.519 bits per heavy atom. The van der Waals surface area contributed by atoms with Crippen molar-refractivity contribution in [3.63, 3.8) is 0 Å². The highest BCUT2D eigenvalue weighted by molar-refractivity contribution is 7.47. The molecule has 0 aromatic carbocycles. The van der Waals surface area contributed by atoms with Crippen LogP contribution < -0.4 is 0 Å². The van der Waals surface area contributed by atoms with Crippen LogP contribution in [0.25, 0.3) is 0 Å². The second-order valence-corrected chi connectivity index (χ2v) is 15.8. The Hall–Kier alpha value is -1.47. The number of phosphoric acid groups is 1. The Labute approximate surface area is 320 Å². The molecule has 1 N–H and O–H groups in total. The third-order valence-corrected chi connectivity index (χ3v) is 10.3. The fourth-order valence-electron chi connectivity index (χ4n) is 6.08. The van der Waals surface area contributed by atoms with Crippen LogP contribution in [0, 0.1) is 0 Å². The molecule has 0 aliphatic rings. The molecule has 0 aromatic rings. The van der Waals surface area contributed by atoms with Gasteiger partial charge >= 0.3 is 19.8 Å². The maximum Gasteiger partial charge on any atom is 0.472 e. The van der Waals surface area contributed by atoms with Crippen LogP contribution in [0.3, 0.4) is 0 Å². The lowest BCUT2D eigenvalue weighted by Crippen LogP contribution is -2.29. The second kappa shape index (κ2) is 39.2. The van der Waals surface area contributed by atoms with Gasteiger partial charge in [0.15, 0.2) is 6.10 Å². The number of ether oxygens (including phenoxy) is 2. The third kappa shape index (κ3) is 38.3. The van der Waals surface area contributed by atoms with Crippen LogP contribution in [0.4, 0.5) is 0 Å². The number of esters is 2. The Balaban J connectivity index is 4.03. The molecule has 2 unspecified atom stereocenters. The lowest BCUT2D eigenvalue weighted by Gasteiger charge is -2.19. The first-order chi connectivity index (χ1) is 25.3. The molecule has 2 atom stereocenters. The Kier molecular flexibility index (Phi) is 38.1. The van der Waals surface area contributed by atoms with E-state index >= 15 is 0 Å². The van der Waals surface area contributed by atoms with Gasteiger partial charge in [-0.2, -0.15) is 0 Å². The van der Waals surface area contributed by atoms with Crippen molar-refractivity contribution in [1.82, 2.24) is 0 Å². The molecule has 0 aliphatic carbocycles. The van der Waals surface area contributed by atoms with E-state index in [2.05, 4.69) is 38.2 Å². The van der Waals surface area contributed by atoms with Gasteiger partial charge in [0.05, 0.1) is 13.2 Å². The summed E-state index contributed by atoms with van der Waals surface area (Å²) in [6, 6.07) is 0. The molecule has 0 saturated carbocycles. The summed E-state index contributed by atoms with van der Waals surface area (Å²) in [6.45, 7) is 5.41. The van der Waals surface area contributed by atoms with Gasteiger partial charge in [0.2, 0.25) is 0 Å². The molecule has 52 heavy (non-hydrogen) atoms. The van der Waals surface area contributed by atoms with Gasteiger partial charge in [-0.1, -0.05) is 179 Å². The minimum absolute atomic E-state index is 0.000658. The van der Waals surface area contributed by atoms with Crippen LogP contribution in [-0.4, -0.2) is 42.8 Å². The number of hydrogen-bond acceptors (Lipinski definition) is 7. The normalized spacial score (nSPS) is 13.5. The van der Waals surface area contributed by atoms with Crippen LogP contribution in [0.2, 0.25) is 0 Å². The second-order valence-electron chi connectivity index (χ2n) is 14.4. The van der Waals surface area contributed by atoms with E-state index < -0.39 is 26.5 Å². The van der Waals surface area contributed by atoms with E-state index in [4.69, 9.17) is 18.5 Å². The number of carbonyl (C=O) groups excluding carboxylic acids is 2. The number of hydrogen-bond donors (Lipinski definition) is 1. The number of allylic oxidation sites excluding steroid dienone is 4. The number of carbonyl (C=O) groups is 2. The predicted octanol–water partition coefficient (Wildman–Crippen LogP) is 13.5. The zero-order valence-electron chi connectivity index (χ0n) is 34.0. The first-order valence-corrected chi connectivity index (χ1v) is 23.1. The van der Waals surface area contributed by atoms with Gasteiger partial charge < -0.3 is 14.4 Å². The highest BCUT2D eigenvalue weighted by Crippen LogP contribution is 2.43. The molecular formula is C43H81O8P. The summed E-state index contributed by atoms with van der Waals surface area (Å²) in [5.74, 6) is -0.806. The summed E-state index contributed by atoms with van der Waals surface area (Å²) >= 11 is 0. The molecule has 0 fully saturated rings. The molecule has 0 amide bonds. The van der Waals surface area contributed by atoms with E-state index in [0.717, 1.165) is 64.2 Å². The fraction of sp³-hybridized carbons (Fsp3) is 0.860. The number of phosphoric ester groups is 1. The van der Waals surface area contributed by atoms with Crippen molar-refractivity contribution in [2.24, 2.45) is 0 Å². The van der Waals surface area contributed by atoms with Crippen molar-refractivity contribution in [3.8, 4) is 0 Å². The molecule has 0 aromatic heterocycles. The average Bonchev–Trinajstić information content (AvgIpc) is 3.12. The molecule has 0 radical (unpaired) electrons. The summed E-state index contributed by atoms with van der Waals surface area (Å²) in [4.78, 5) is 34.7. The summed E-state index contributed by atoms with van der Waals surface area (Å²) in [7, 11) is -4.28. The first-order valence-electron chi connectivity index (χ1n) is 21.6.